The van der Waals surface area contributed by atoms with Crippen LogP contribution in [0.4, 0.5) is 11.4 Å². The largest absolute Gasteiger partial charge is 0.477 e. The fourth-order valence-corrected chi connectivity index (χ4v) is 4.59. The maximum absolute atomic E-state index is 13.4. The fourth-order valence-electron chi connectivity index (χ4n) is 4.39. The number of aromatic carboxylic acids is 1. The number of carboxylic acid groups (broad SMARTS) is 1. The van der Waals surface area contributed by atoms with E-state index >= 15 is 0 Å². The lowest BCUT2D eigenvalue weighted by Crippen LogP contribution is -2.33. The molecular formula is C26H27ClN4O5. The van der Waals surface area contributed by atoms with Crippen LogP contribution in [0.3, 0.4) is 0 Å². The molecule has 4 rings (SSSR count). The number of nitrogens with two attached hydrogens (primary N) is 1. The van der Waals surface area contributed by atoms with Gasteiger partial charge < -0.3 is 26.2 Å². The molecule has 2 heterocycles. The summed E-state index contributed by atoms with van der Waals surface area (Å²) in [6, 6.07) is 12.9. The van der Waals surface area contributed by atoms with Gasteiger partial charge in [-0.15, -0.1) is 0 Å². The van der Waals surface area contributed by atoms with Crippen LogP contribution >= 0.6 is 11.6 Å². The second-order valence-corrected chi connectivity index (χ2v) is 9.09. The average molecular weight is 511 g/mol. The molecule has 0 bridgehead atoms. The van der Waals surface area contributed by atoms with Crippen molar-refractivity contribution in [3.63, 3.8) is 0 Å². The Kier molecular flexibility index (Phi) is 7.61. The molecule has 1 atom stereocenters. The minimum Gasteiger partial charge on any atom is -0.477 e. The number of aliphatic hydroxyl groups is 1. The van der Waals surface area contributed by atoms with E-state index in [0.29, 0.717) is 27.5 Å². The van der Waals surface area contributed by atoms with Gasteiger partial charge in [-0.1, -0.05) is 23.7 Å². The molecule has 3 aromatic rings. The van der Waals surface area contributed by atoms with Crippen molar-refractivity contribution >= 4 is 34.9 Å². The van der Waals surface area contributed by atoms with Gasteiger partial charge in [0.2, 0.25) is 5.91 Å². The molecule has 10 heteroatoms. The van der Waals surface area contributed by atoms with Gasteiger partial charge in [0.25, 0.3) is 5.56 Å². The van der Waals surface area contributed by atoms with E-state index < -0.39 is 29.1 Å². The first-order chi connectivity index (χ1) is 17.3. The SMILES string of the molecule is NC(=O)c1ccc(-n2ccc(NC[C@H](O)c3cccc(Cl)c3)c(C(=O)O)c2=O)c(N2CCCCC2)c1. The Labute approximate surface area is 212 Å². The van der Waals surface area contributed by atoms with E-state index in [1.165, 1.54) is 22.9 Å². The minimum absolute atomic E-state index is 0.0313. The predicted molar refractivity (Wildman–Crippen MR) is 138 cm³/mol. The number of aliphatic hydroxyl groups excluding tert-OH is 1. The third-order valence-electron chi connectivity index (χ3n) is 6.24. The molecule has 5 N–H and O–H groups in total. The van der Waals surface area contributed by atoms with Crippen LogP contribution < -0.4 is 21.5 Å². The Morgan fingerprint density at radius 2 is 1.81 bits per heavy atom. The van der Waals surface area contributed by atoms with E-state index in [0.717, 1.165) is 32.4 Å². The van der Waals surface area contributed by atoms with Crippen LogP contribution in [-0.4, -0.2) is 46.3 Å². The van der Waals surface area contributed by atoms with E-state index in [4.69, 9.17) is 17.3 Å². The first-order valence-corrected chi connectivity index (χ1v) is 12.0. The molecule has 0 spiro atoms. The van der Waals surface area contributed by atoms with Gasteiger partial charge in [-0.25, -0.2) is 4.79 Å². The number of piperidine rings is 1. The summed E-state index contributed by atoms with van der Waals surface area (Å²) in [5.74, 6) is -1.99. The van der Waals surface area contributed by atoms with E-state index in [9.17, 15) is 24.6 Å². The lowest BCUT2D eigenvalue weighted by atomic mass is 10.1. The van der Waals surface area contributed by atoms with Crippen molar-refractivity contribution in [2.45, 2.75) is 25.4 Å². The molecular weight excluding hydrogens is 484 g/mol. The maximum Gasteiger partial charge on any atom is 0.343 e. The van der Waals surface area contributed by atoms with Crippen molar-refractivity contribution in [2.75, 3.05) is 29.9 Å². The highest BCUT2D eigenvalue weighted by molar-refractivity contribution is 6.30. The van der Waals surface area contributed by atoms with Gasteiger partial charge in [-0.2, -0.15) is 0 Å². The standard InChI is InChI=1S/C26H27ClN4O5/c27-18-6-4-5-16(13-18)22(32)15-29-19-9-12-31(25(34)23(19)26(35)36)20-8-7-17(24(28)33)14-21(20)30-10-2-1-3-11-30/h4-9,12-14,22,29,32H,1-3,10-11,15H2,(H2,28,33)(H,35,36)/t22-/m0/s1. The molecule has 36 heavy (non-hydrogen) atoms. The molecule has 1 aliphatic heterocycles. The minimum atomic E-state index is -1.40. The maximum atomic E-state index is 13.4. The van der Waals surface area contributed by atoms with Crippen molar-refractivity contribution in [3.8, 4) is 5.69 Å². The monoisotopic (exact) mass is 510 g/mol. The van der Waals surface area contributed by atoms with Crippen LogP contribution in [0.25, 0.3) is 5.69 Å². The number of anilines is 2. The number of benzene rings is 2. The molecule has 0 saturated carbocycles. The molecule has 1 saturated heterocycles. The number of hydrogen-bond donors (Lipinski definition) is 4. The molecule has 1 aliphatic rings. The number of aromatic nitrogens is 1. The highest BCUT2D eigenvalue weighted by Crippen LogP contribution is 2.29. The topological polar surface area (TPSA) is 138 Å². The zero-order valence-electron chi connectivity index (χ0n) is 19.5. The Bertz CT molecular complexity index is 1350. The quantitative estimate of drug-likeness (QED) is 0.364. The number of halogens is 1. The lowest BCUT2D eigenvalue weighted by molar-refractivity contribution is 0.0695. The summed E-state index contributed by atoms with van der Waals surface area (Å²) in [4.78, 5) is 39.4. The zero-order valence-corrected chi connectivity index (χ0v) is 20.2. The van der Waals surface area contributed by atoms with Crippen LogP contribution in [0.5, 0.6) is 0 Å². The summed E-state index contributed by atoms with van der Waals surface area (Å²) in [7, 11) is 0. The van der Waals surface area contributed by atoms with Crippen molar-refractivity contribution < 1.29 is 19.8 Å². The van der Waals surface area contributed by atoms with E-state index in [2.05, 4.69) is 10.2 Å². The second-order valence-electron chi connectivity index (χ2n) is 8.65. The van der Waals surface area contributed by atoms with Crippen molar-refractivity contribution in [2.24, 2.45) is 5.73 Å². The highest BCUT2D eigenvalue weighted by Gasteiger charge is 2.22. The summed E-state index contributed by atoms with van der Waals surface area (Å²) in [5.41, 5.74) is 6.32. The van der Waals surface area contributed by atoms with E-state index in [1.54, 1.807) is 36.4 Å². The Hall–Kier alpha value is -3.82. The number of carbonyl (C=O) groups excluding carboxylic acids is 1. The van der Waals surface area contributed by atoms with Gasteiger partial charge in [-0.05, 0) is 61.2 Å². The van der Waals surface area contributed by atoms with Gasteiger partial charge in [0, 0.05) is 36.4 Å². The lowest BCUT2D eigenvalue weighted by Gasteiger charge is -2.31. The van der Waals surface area contributed by atoms with Crippen LogP contribution in [0, 0.1) is 0 Å². The summed E-state index contributed by atoms with van der Waals surface area (Å²) in [6.07, 6.45) is 3.53. The zero-order chi connectivity index (χ0) is 25.8. The summed E-state index contributed by atoms with van der Waals surface area (Å²) >= 11 is 5.98. The molecule has 1 amide bonds. The van der Waals surface area contributed by atoms with E-state index in [-0.39, 0.29) is 12.2 Å². The van der Waals surface area contributed by atoms with Gasteiger partial charge in [0.15, 0.2) is 0 Å². The molecule has 1 aromatic heterocycles. The molecule has 188 valence electrons. The summed E-state index contributed by atoms with van der Waals surface area (Å²) < 4.78 is 1.26. The Balaban J connectivity index is 1.71. The molecule has 1 fully saturated rings. The highest BCUT2D eigenvalue weighted by atomic mass is 35.5. The smallest absolute Gasteiger partial charge is 0.343 e. The van der Waals surface area contributed by atoms with Crippen molar-refractivity contribution in [1.82, 2.24) is 4.57 Å². The van der Waals surface area contributed by atoms with Crippen molar-refractivity contribution in [3.05, 3.63) is 86.8 Å². The second kappa shape index (κ2) is 10.8. The Morgan fingerprint density at radius 3 is 2.47 bits per heavy atom. The summed E-state index contributed by atoms with van der Waals surface area (Å²) in [6.45, 7) is 1.46. The van der Waals surface area contributed by atoms with Crippen LogP contribution in [0.2, 0.25) is 5.02 Å². The first kappa shape index (κ1) is 25.3. The number of rotatable bonds is 8. The first-order valence-electron chi connectivity index (χ1n) is 11.6. The number of nitrogens with one attached hydrogen (secondary N) is 1. The number of nitrogens with zero attached hydrogens (tertiary/aromatic N) is 2. The third-order valence-corrected chi connectivity index (χ3v) is 6.48. The van der Waals surface area contributed by atoms with Crippen LogP contribution in [-0.2, 0) is 0 Å². The average Bonchev–Trinajstić information content (AvgIpc) is 2.87. The van der Waals surface area contributed by atoms with E-state index in [1.807, 2.05) is 0 Å². The van der Waals surface area contributed by atoms with Crippen molar-refractivity contribution in [1.29, 1.82) is 0 Å². The molecule has 0 aliphatic carbocycles. The number of carboxylic acids is 1. The van der Waals surface area contributed by atoms with Crippen LogP contribution in [0.15, 0.2) is 59.5 Å². The Morgan fingerprint density at radius 1 is 1.06 bits per heavy atom. The number of carbonyl (C=O) groups is 2. The number of amides is 1. The third kappa shape index (κ3) is 5.37. The fraction of sp³-hybridized carbons (Fsp3) is 0.269. The van der Waals surface area contributed by atoms with Crippen LogP contribution in [0.1, 0.15) is 51.6 Å². The normalized spacial score (nSPS) is 14.3. The molecule has 9 nitrogen and oxygen atoms in total. The van der Waals surface area contributed by atoms with Gasteiger partial charge in [-0.3, -0.25) is 14.2 Å². The van der Waals surface area contributed by atoms with Gasteiger partial charge in [0.05, 0.1) is 23.2 Å². The van der Waals surface area contributed by atoms with Gasteiger partial charge >= 0.3 is 5.97 Å². The number of primary amides is 1. The molecule has 0 radical (unpaired) electrons. The molecule has 2 aromatic carbocycles. The van der Waals surface area contributed by atoms with Gasteiger partial charge in [0.1, 0.15) is 5.56 Å². The number of pyridine rings is 1. The molecule has 0 unspecified atom stereocenters. The summed E-state index contributed by atoms with van der Waals surface area (Å²) in [5, 5.41) is 23.7. The number of hydrogen-bond acceptors (Lipinski definition) is 6. The predicted octanol–water partition coefficient (Wildman–Crippen LogP) is 3.42.